The molecule has 1 aliphatic heterocycles. The standard InChI is InChI=1S/C23H44O5/c1-4-5-6-7-8-9-10-11-12-13-14-15-16-18-23(26-3)19-17-21(27-28-23)20-22(24)25-2/h21H,4-20H2,1-3H3/t21-,23-/m1/s1. The van der Waals surface area contributed by atoms with E-state index in [2.05, 4.69) is 11.7 Å². The highest BCUT2D eigenvalue weighted by molar-refractivity contribution is 5.69. The lowest BCUT2D eigenvalue weighted by atomic mass is 9.97. The first-order chi connectivity index (χ1) is 13.7. The molecular weight excluding hydrogens is 356 g/mol. The maximum atomic E-state index is 11.3. The topological polar surface area (TPSA) is 54.0 Å². The Morgan fingerprint density at radius 1 is 0.893 bits per heavy atom. The Bertz CT molecular complexity index is 377. The zero-order valence-corrected chi connectivity index (χ0v) is 18.6. The van der Waals surface area contributed by atoms with Gasteiger partial charge in [-0.15, -0.1) is 0 Å². The van der Waals surface area contributed by atoms with E-state index < -0.39 is 5.79 Å². The van der Waals surface area contributed by atoms with Crippen molar-refractivity contribution in [2.75, 3.05) is 14.2 Å². The summed E-state index contributed by atoms with van der Waals surface area (Å²) < 4.78 is 10.3. The van der Waals surface area contributed by atoms with Gasteiger partial charge in [0.15, 0.2) is 0 Å². The van der Waals surface area contributed by atoms with Gasteiger partial charge in [0.1, 0.15) is 6.10 Å². The van der Waals surface area contributed by atoms with Gasteiger partial charge in [-0.05, 0) is 12.8 Å². The van der Waals surface area contributed by atoms with Crippen LogP contribution in [0.15, 0.2) is 0 Å². The molecule has 0 N–H and O–H groups in total. The molecule has 1 fully saturated rings. The van der Waals surface area contributed by atoms with Crippen LogP contribution in [0.3, 0.4) is 0 Å². The first-order valence-corrected chi connectivity index (χ1v) is 11.6. The fraction of sp³-hybridized carbons (Fsp3) is 0.957. The lowest BCUT2D eigenvalue weighted by Crippen LogP contribution is -2.42. The number of hydrogen-bond donors (Lipinski definition) is 0. The number of unbranched alkanes of at least 4 members (excludes halogenated alkanes) is 12. The third kappa shape index (κ3) is 11.4. The maximum Gasteiger partial charge on any atom is 0.308 e. The number of ether oxygens (including phenoxy) is 2. The van der Waals surface area contributed by atoms with Crippen molar-refractivity contribution in [3.05, 3.63) is 0 Å². The van der Waals surface area contributed by atoms with Gasteiger partial charge < -0.3 is 9.47 Å². The van der Waals surface area contributed by atoms with Crippen LogP contribution in [-0.2, 0) is 24.0 Å². The van der Waals surface area contributed by atoms with Gasteiger partial charge in [0.25, 0.3) is 0 Å². The molecule has 5 nitrogen and oxygen atoms in total. The molecule has 0 spiro atoms. The van der Waals surface area contributed by atoms with Crippen molar-refractivity contribution >= 4 is 5.97 Å². The second kappa shape index (κ2) is 16.2. The molecule has 0 bridgehead atoms. The largest absolute Gasteiger partial charge is 0.469 e. The normalized spacial score (nSPS) is 22.3. The lowest BCUT2D eigenvalue weighted by molar-refractivity contribution is -0.466. The highest BCUT2D eigenvalue weighted by atomic mass is 17.2. The monoisotopic (exact) mass is 400 g/mol. The Hall–Kier alpha value is -0.650. The van der Waals surface area contributed by atoms with Crippen LogP contribution in [0.25, 0.3) is 0 Å². The van der Waals surface area contributed by atoms with Crippen molar-refractivity contribution in [2.45, 2.75) is 128 Å². The van der Waals surface area contributed by atoms with Crippen LogP contribution in [0.5, 0.6) is 0 Å². The zero-order valence-electron chi connectivity index (χ0n) is 18.6. The van der Waals surface area contributed by atoms with Gasteiger partial charge >= 0.3 is 5.97 Å². The highest BCUT2D eigenvalue weighted by Crippen LogP contribution is 2.33. The third-order valence-electron chi connectivity index (χ3n) is 5.84. The second-order valence-electron chi connectivity index (χ2n) is 8.23. The van der Waals surface area contributed by atoms with Gasteiger partial charge in [-0.25, -0.2) is 9.78 Å². The van der Waals surface area contributed by atoms with E-state index in [4.69, 9.17) is 14.5 Å². The Kier molecular flexibility index (Phi) is 14.7. The molecule has 1 rings (SSSR count). The number of rotatable bonds is 17. The third-order valence-corrected chi connectivity index (χ3v) is 5.84. The molecule has 0 aromatic rings. The summed E-state index contributed by atoms with van der Waals surface area (Å²) in [6.07, 6.45) is 19.8. The second-order valence-corrected chi connectivity index (χ2v) is 8.23. The van der Waals surface area contributed by atoms with Gasteiger partial charge in [-0.3, -0.25) is 4.79 Å². The van der Waals surface area contributed by atoms with Crippen LogP contribution < -0.4 is 0 Å². The van der Waals surface area contributed by atoms with Crippen LogP contribution in [0.2, 0.25) is 0 Å². The average molecular weight is 401 g/mol. The zero-order chi connectivity index (χ0) is 20.5. The summed E-state index contributed by atoms with van der Waals surface area (Å²) >= 11 is 0. The fourth-order valence-electron chi connectivity index (χ4n) is 3.85. The van der Waals surface area contributed by atoms with Crippen molar-refractivity contribution in [3.63, 3.8) is 0 Å². The van der Waals surface area contributed by atoms with Gasteiger partial charge in [0, 0.05) is 20.0 Å². The minimum atomic E-state index is -0.648. The van der Waals surface area contributed by atoms with Crippen LogP contribution >= 0.6 is 0 Å². The molecule has 1 saturated heterocycles. The molecule has 0 radical (unpaired) electrons. The summed E-state index contributed by atoms with van der Waals surface area (Å²) in [5, 5.41) is 0. The predicted octanol–water partition coefficient (Wildman–Crippen LogP) is 6.48. The summed E-state index contributed by atoms with van der Waals surface area (Å²) in [6, 6.07) is 0. The molecule has 28 heavy (non-hydrogen) atoms. The lowest BCUT2D eigenvalue weighted by Gasteiger charge is -2.37. The van der Waals surface area contributed by atoms with E-state index >= 15 is 0 Å². The molecule has 0 aliphatic carbocycles. The summed E-state index contributed by atoms with van der Waals surface area (Å²) in [5.41, 5.74) is 0. The number of hydrogen-bond acceptors (Lipinski definition) is 5. The van der Waals surface area contributed by atoms with Crippen molar-refractivity contribution in [3.8, 4) is 0 Å². The fourth-order valence-corrected chi connectivity index (χ4v) is 3.85. The van der Waals surface area contributed by atoms with E-state index in [0.29, 0.717) is 0 Å². The number of methoxy groups -OCH3 is 2. The minimum Gasteiger partial charge on any atom is -0.469 e. The first kappa shape index (κ1) is 25.4. The van der Waals surface area contributed by atoms with Gasteiger partial charge in [-0.1, -0.05) is 84.0 Å². The van der Waals surface area contributed by atoms with E-state index in [1.54, 1.807) is 7.11 Å². The highest BCUT2D eigenvalue weighted by Gasteiger charge is 2.38. The summed E-state index contributed by atoms with van der Waals surface area (Å²) in [6.45, 7) is 2.27. The molecule has 2 atom stereocenters. The molecule has 0 unspecified atom stereocenters. The quantitative estimate of drug-likeness (QED) is 0.159. The smallest absolute Gasteiger partial charge is 0.308 e. The Balaban J connectivity index is 1.98. The molecule has 166 valence electrons. The van der Waals surface area contributed by atoms with E-state index in [0.717, 1.165) is 25.7 Å². The average Bonchev–Trinajstić information content (AvgIpc) is 2.72. The van der Waals surface area contributed by atoms with Crippen molar-refractivity contribution in [1.82, 2.24) is 0 Å². The predicted molar refractivity (Wildman–Crippen MR) is 112 cm³/mol. The van der Waals surface area contributed by atoms with Crippen molar-refractivity contribution in [2.24, 2.45) is 0 Å². The summed E-state index contributed by atoms with van der Waals surface area (Å²) in [7, 11) is 3.06. The van der Waals surface area contributed by atoms with Crippen LogP contribution in [0.4, 0.5) is 0 Å². The van der Waals surface area contributed by atoms with Gasteiger partial charge in [-0.2, -0.15) is 0 Å². The Labute approximate surface area is 172 Å². The van der Waals surface area contributed by atoms with E-state index in [1.165, 1.54) is 84.2 Å². The van der Waals surface area contributed by atoms with Crippen LogP contribution in [-0.4, -0.2) is 32.1 Å². The minimum absolute atomic E-state index is 0.231. The summed E-state index contributed by atoms with van der Waals surface area (Å²) in [4.78, 5) is 22.3. The van der Waals surface area contributed by atoms with E-state index in [-0.39, 0.29) is 18.5 Å². The van der Waals surface area contributed by atoms with Crippen LogP contribution in [0, 0.1) is 0 Å². The number of carbonyl (C=O) groups excluding carboxylic acids is 1. The molecule has 0 aromatic heterocycles. The molecule has 0 amide bonds. The van der Waals surface area contributed by atoms with E-state index in [9.17, 15) is 4.79 Å². The number of carbonyl (C=O) groups is 1. The van der Waals surface area contributed by atoms with Crippen molar-refractivity contribution < 1.29 is 24.0 Å². The Morgan fingerprint density at radius 3 is 1.86 bits per heavy atom. The van der Waals surface area contributed by atoms with Crippen LogP contribution in [0.1, 0.15) is 116 Å². The SMILES string of the molecule is CCCCCCCCCCCCCCC[C@]1(OC)CC[C@H](CC(=O)OC)OO1. The Morgan fingerprint density at radius 2 is 1.43 bits per heavy atom. The molecule has 0 saturated carbocycles. The van der Waals surface area contributed by atoms with Gasteiger partial charge in [0.05, 0.1) is 13.5 Å². The molecule has 1 heterocycles. The van der Waals surface area contributed by atoms with E-state index in [1.807, 2.05) is 0 Å². The molecule has 1 aliphatic rings. The molecular formula is C23H44O5. The number of esters is 1. The van der Waals surface area contributed by atoms with Gasteiger partial charge in [0.2, 0.25) is 5.79 Å². The molecule has 5 heteroatoms. The summed E-state index contributed by atoms with van der Waals surface area (Å²) in [5.74, 6) is -0.917. The van der Waals surface area contributed by atoms with Crippen molar-refractivity contribution in [1.29, 1.82) is 0 Å². The maximum absolute atomic E-state index is 11.3. The first-order valence-electron chi connectivity index (χ1n) is 11.6. The molecule has 0 aromatic carbocycles.